The molecule has 0 aliphatic carbocycles. The van der Waals surface area contributed by atoms with Crippen molar-refractivity contribution >= 4 is 29.3 Å². The standard InChI is InChI=1S/C23H27ClN2O2.ClH/c1-26(2,22-12-14-28-15-13-22)17-19-6-9-21(10-7-19)25-23(27)11-8-18-4-3-5-20(24)16-18;/h3-11,16,22H,12-15,17H2,1-2H3;1H. The molecule has 0 bridgehead atoms. The second-order valence-electron chi connectivity index (χ2n) is 7.85. The number of nitrogens with one attached hydrogen (secondary N) is 1. The minimum absolute atomic E-state index is 0. The molecule has 0 atom stereocenters. The zero-order chi connectivity index (χ0) is 20.0. The van der Waals surface area contributed by atoms with Crippen LogP contribution in [0.4, 0.5) is 5.69 Å². The quantitative estimate of drug-likeness (QED) is 0.555. The van der Waals surface area contributed by atoms with Crippen LogP contribution in [0.1, 0.15) is 24.0 Å². The molecule has 0 radical (unpaired) electrons. The molecule has 0 saturated carbocycles. The lowest BCUT2D eigenvalue weighted by molar-refractivity contribution is -0.929. The van der Waals surface area contributed by atoms with E-state index in [4.69, 9.17) is 16.3 Å². The summed E-state index contributed by atoms with van der Waals surface area (Å²) in [7, 11) is 4.57. The number of carbonyl (C=O) groups excluding carboxylic acids is 1. The van der Waals surface area contributed by atoms with Crippen LogP contribution in [0.2, 0.25) is 5.02 Å². The van der Waals surface area contributed by atoms with Crippen LogP contribution in [0.25, 0.3) is 6.08 Å². The molecule has 1 aliphatic rings. The van der Waals surface area contributed by atoms with Crippen molar-refractivity contribution in [1.29, 1.82) is 0 Å². The molecule has 2 aromatic carbocycles. The summed E-state index contributed by atoms with van der Waals surface area (Å²) >= 11 is 5.96. The van der Waals surface area contributed by atoms with E-state index in [1.165, 1.54) is 11.6 Å². The number of amides is 1. The predicted molar refractivity (Wildman–Crippen MR) is 115 cm³/mol. The average molecular weight is 435 g/mol. The average Bonchev–Trinajstić information content (AvgIpc) is 2.68. The van der Waals surface area contributed by atoms with Gasteiger partial charge in [-0.25, -0.2) is 0 Å². The van der Waals surface area contributed by atoms with Crippen LogP contribution in [0, 0.1) is 0 Å². The van der Waals surface area contributed by atoms with Gasteiger partial charge in [-0.05, 0) is 35.9 Å². The SMILES string of the molecule is C[N+](C)(Cc1ccc(NC(=O)C=Cc2cccc(Cl)c2)cc1)C1CCOCC1.[Cl-]. The molecule has 29 heavy (non-hydrogen) atoms. The van der Waals surface area contributed by atoms with Crippen LogP contribution >= 0.6 is 11.6 Å². The highest BCUT2D eigenvalue weighted by molar-refractivity contribution is 6.30. The largest absolute Gasteiger partial charge is 1.00 e. The lowest BCUT2D eigenvalue weighted by Gasteiger charge is -2.40. The Morgan fingerprint density at radius 2 is 1.86 bits per heavy atom. The Kier molecular flexibility index (Phi) is 8.72. The summed E-state index contributed by atoms with van der Waals surface area (Å²) in [6.45, 7) is 2.69. The van der Waals surface area contributed by atoms with Gasteiger partial charge in [-0.3, -0.25) is 4.79 Å². The molecule has 156 valence electrons. The zero-order valence-corrected chi connectivity index (χ0v) is 18.4. The molecule has 4 nitrogen and oxygen atoms in total. The molecular formula is C23H28Cl2N2O2. The Morgan fingerprint density at radius 1 is 1.17 bits per heavy atom. The number of quaternary nitrogens is 1. The van der Waals surface area contributed by atoms with Gasteiger partial charge in [-0.15, -0.1) is 0 Å². The minimum Gasteiger partial charge on any atom is -1.00 e. The molecule has 0 spiro atoms. The molecule has 0 aromatic heterocycles. The van der Waals surface area contributed by atoms with Crippen LogP contribution in [0.15, 0.2) is 54.6 Å². The topological polar surface area (TPSA) is 38.3 Å². The van der Waals surface area contributed by atoms with Crippen LogP contribution in [0.5, 0.6) is 0 Å². The number of ether oxygens (including phenoxy) is 1. The summed E-state index contributed by atoms with van der Waals surface area (Å²) in [5.74, 6) is -0.161. The lowest BCUT2D eigenvalue weighted by atomic mass is 10.0. The van der Waals surface area contributed by atoms with Crippen molar-refractivity contribution in [3.05, 3.63) is 70.8 Å². The van der Waals surface area contributed by atoms with Crippen molar-refractivity contribution in [3.8, 4) is 0 Å². The van der Waals surface area contributed by atoms with Crippen molar-refractivity contribution < 1.29 is 26.4 Å². The molecule has 1 N–H and O–H groups in total. The van der Waals surface area contributed by atoms with Gasteiger partial charge < -0.3 is 26.9 Å². The third-order valence-corrected chi connectivity index (χ3v) is 5.50. The van der Waals surface area contributed by atoms with Gasteiger partial charge in [-0.1, -0.05) is 35.9 Å². The molecule has 1 heterocycles. The van der Waals surface area contributed by atoms with Crippen LogP contribution in [0.3, 0.4) is 0 Å². The van der Waals surface area contributed by atoms with Gasteiger partial charge in [0.05, 0.1) is 33.4 Å². The van der Waals surface area contributed by atoms with Crippen molar-refractivity contribution in [2.24, 2.45) is 0 Å². The highest BCUT2D eigenvalue weighted by Gasteiger charge is 2.30. The highest BCUT2D eigenvalue weighted by Crippen LogP contribution is 2.23. The van der Waals surface area contributed by atoms with Gasteiger partial charge in [0.2, 0.25) is 5.91 Å². The Bertz CT molecular complexity index is 829. The molecule has 1 saturated heterocycles. The fourth-order valence-electron chi connectivity index (χ4n) is 3.64. The van der Waals surface area contributed by atoms with E-state index in [1.54, 1.807) is 6.08 Å². The number of benzene rings is 2. The maximum Gasteiger partial charge on any atom is 0.248 e. The Labute approximate surface area is 184 Å². The number of carbonyl (C=O) groups is 1. The Morgan fingerprint density at radius 3 is 2.52 bits per heavy atom. The van der Waals surface area contributed by atoms with E-state index in [1.807, 2.05) is 36.4 Å². The second kappa shape index (κ2) is 10.8. The third-order valence-electron chi connectivity index (χ3n) is 5.27. The lowest BCUT2D eigenvalue weighted by Crippen LogP contribution is -3.00. The first-order valence-electron chi connectivity index (χ1n) is 9.66. The number of anilines is 1. The molecule has 0 unspecified atom stereocenters. The molecule has 3 rings (SSSR count). The van der Waals surface area contributed by atoms with E-state index < -0.39 is 0 Å². The predicted octanol–water partition coefficient (Wildman–Crippen LogP) is 1.75. The summed E-state index contributed by atoms with van der Waals surface area (Å²) in [5, 5.41) is 3.55. The van der Waals surface area contributed by atoms with Crippen LogP contribution in [-0.4, -0.2) is 43.7 Å². The van der Waals surface area contributed by atoms with E-state index in [0.717, 1.165) is 48.3 Å². The van der Waals surface area contributed by atoms with Gasteiger partial charge in [0.15, 0.2) is 0 Å². The summed E-state index contributed by atoms with van der Waals surface area (Å²) in [5.41, 5.74) is 2.95. The Balaban J connectivity index is 0.00000300. The van der Waals surface area contributed by atoms with Crippen molar-refractivity contribution in [3.63, 3.8) is 0 Å². The molecule has 1 fully saturated rings. The smallest absolute Gasteiger partial charge is 0.248 e. The van der Waals surface area contributed by atoms with Gasteiger partial charge >= 0.3 is 0 Å². The van der Waals surface area contributed by atoms with E-state index in [-0.39, 0.29) is 18.3 Å². The second-order valence-corrected chi connectivity index (χ2v) is 8.29. The first-order valence-corrected chi connectivity index (χ1v) is 10.0. The fraction of sp³-hybridized carbons (Fsp3) is 0.348. The van der Waals surface area contributed by atoms with E-state index in [2.05, 4.69) is 31.5 Å². The number of nitrogens with zero attached hydrogens (tertiary/aromatic N) is 1. The molecule has 2 aromatic rings. The Hall–Kier alpha value is -1.85. The summed E-state index contributed by atoms with van der Waals surface area (Å²) in [6, 6.07) is 16.1. The van der Waals surface area contributed by atoms with Gasteiger partial charge in [0.1, 0.15) is 6.54 Å². The van der Waals surface area contributed by atoms with Crippen molar-refractivity contribution in [1.82, 2.24) is 0 Å². The molecule has 1 aliphatic heterocycles. The normalized spacial score (nSPS) is 15.1. The first-order chi connectivity index (χ1) is 13.4. The van der Waals surface area contributed by atoms with Gasteiger partial charge in [0.25, 0.3) is 0 Å². The minimum atomic E-state index is -0.161. The fourth-order valence-corrected chi connectivity index (χ4v) is 3.84. The third kappa shape index (κ3) is 7.16. The molecule has 1 amide bonds. The maximum absolute atomic E-state index is 12.1. The monoisotopic (exact) mass is 434 g/mol. The summed E-state index contributed by atoms with van der Waals surface area (Å²) in [6.07, 6.45) is 5.49. The number of hydrogen-bond acceptors (Lipinski definition) is 2. The van der Waals surface area contributed by atoms with Crippen LogP contribution in [-0.2, 0) is 16.1 Å². The zero-order valence-electron chi connectivity index (χ0n) is 16.9. The van der Waals surface area contributed by atoms with Gasteiger partial charge in [-0.2, -0.15) is 0 Å². The van der Waals surface area contributed by atoms with E-state index in [0.29, 0.717) is 11.1 Å². The van der Waals surface area contributed by atoms with Crippen molar-refractivity contribution in [2.45, 2.75) is 25.4 Å². The summed E-state index contributed by atoms with van der Waals surface area (Å²) in [4.78, 5) is 12.1. The van der Waals surface area contributed by atoms with Crippen molar-refractivity contribution in [2.75, 3.05) is 32.6 Å². The first kappa shape index (κ1) is 23.4. The van der Waals surface area contributed by atoms with E-state index >= 15 is 0 Å². The number of rotatable bonds is 6. The molecule has 6 heteroatoms. The maximum atomic E-state index is 12.1. The van der Waals surface area contributed by atoms with E-state index in [9.17, 15) is 4.79 Å². The molecular weight excluding hydrogens is 407 g/mol. The summed E-state index contributed by atoms with van der Waals surface area (Å²) < 4.78 is 6.45. The van der Waals surface area contributed by atoms with Crippen LogP contribution < -0.4 is 17.7 Å². The number of hydrogen-bond donors (Lipinski definition) is 1. The highest BCUT2D eigenvalue weighted by atomic mass is 35.5. The number of halogens is 2. The van der Waals surface area contributed by atoms with Gasteiger partial charge in [0, 0.05) is 35.2 Å².